The highest BCUT2D eigenvalue weighted by Gasteiger charge is 2.20. The number of nitrogens with two attached hydrogens (primary N) is 1. The molecule has 3 aromatic heterocycles. The number of para-hydroxylation sites is 2. The molecular weight excluding hydrogens is 352 g/mol. The number of anilines is 1. The fourth-order valence-electron chi connectivity index (χ4n) is 2.87. The molecule has 0 aliphatic heterocycles. The molecule has 0 saturated carbocycles. The van der Waals surface area contributed by atoms with E-state index in [1.165, 1.54) is 11.0 Å². The lowest BCUT2D eigenvalue weighted by molar-refractivity contribution is 0.548. The van der Waals surface area contributed by atoms with Crippen LogP contribution in [0.5, 0.6) is 0 Å². The second kappa shape index (κ2) is 5.53. The fourth-order valence-corrected chi connectivity index (χ4v) is 2.99. The monoisotopic (exact) mass is 362 g/mol. The molecule has 2 N–H and O–H groups in total. The highest BCUT2D eigenvalue weighted by molar-refractivity contribution is 6.30. The average molecular weight is 363 g/mol. The highest BCUT2D eigenvalue weighted by Crippen LogP contribution is 2.32. The predicted octanol–water partition coefficient (Wildman–Crippen LogP) is 3.86. The van der Waals surface area contributed by atoms with E-state index in [9.17, 15) is 0 Å². The van der Waals surface area contributed by atoms with Crippen molar-refractivity contribution in [2.45, 2.75) is 0 Å². The van der Waals surface area contributed by atoms with Crippen LogP contribution in [-0.4, -0.2) is 24.7 Å². The van der Waals surface area contributed by atoms with Gasteiger partial charge < -0.3 is 10.2 Å². The number of fused-ring (bicyclic) bond motifs is 2. The largest absolute Gasteiger partial charge is 0.422 e. The number of nitrogens with zero attached hydrogens (tertiary/aromatic N) is 5. The van der Waals surface area contributed by atoms with Crippen LogP contribution >= 0.6 is 11.6 Å². The average Bonchev–Trinajstić information content (AvgIpc) is 3.24. The molecule has 7 nitrogen and oxygen atoms in total. The Hall–Kier alpha value is -3.45. The van der Waals surface area contributed by atoms with E-state index in [0.29, 0.717) is 39.2 Å². The Balaban J connectivity index is 1.81. The van der Waals surface area contributed by atoms with E-state index in [1.54, 1.807) is 12.1 Å². The quantitative estimate of drug-likeness (QED) is 0.512. The van der Waals surface area contributed by atoms with E-state index >= 15 is 0 Å². The summed E-state index contributed by atoms with van der Waals surface area (Å²) >= 11 is 5.99. The minimum Gasteiger partial charge on any atom is -0.422 e. The van der Waals surface area contributed by atoms with Crippen LogP contribution in [0.4, 0.5) is 5.82 Å². The molecule has 0 unspecified atom stereocenters. The lowest BCUT2D eigenvalue weighted by atomic mass is 10.1. The van der Waals surface area contributed by atoms with Gasteiger partial charge in [-0.2, -0.15) is 14.8 Å². The van der Waals surface area contributed by atoms with Crippen molar-refractivity contribution in [3.05, 3.63) is 59.9 Å². The third-order valence-electron chi connectivity index (χ3n) is 4.08. The van der Waals surface area contributed by atoms with Gasteiger partial charge in [0.05, 0.1) is 5.39 Å². The minimum atomic E-state index is 0.314. The van der Waals surface area contributed by atoms with Crippen molar-refractivity contribution < 1.29 is 4.42 Å². The molecule has 8 heteroatoms. The summed E-state index contributed by atoms with van der Waals surface area (Å²) in [4.78, 5) is 12.9. The molecule has 0 bridgehead atoms. The van der Waals surface area contributed by atoms with Crippen LogP contribution in [0, 0.1) is 0 Å². The highest BCUT2D eigenvalue weighted by atomic mass is 35.5. The Morgan fingerprint density at radius 3 is 2.62 bits per heavy atom. The van der Waals surface area contributed by atoms with Crippen molar-refractivity contribution >= 4 is 39.6 Å². The number of hydrogen-bond acceptors (Lipinski definition) is 6. The zero-order valence-corrected chi connectivity index (χ0v) is 14.1. The summed E-state index contributed by atoms with van der Waals surface area (Å²) in [6.07, 6.45) is 1.39. The summed E-state index contributed by atoms with van der Waals surface area (Å²) in [6, 6.07) is 15.1. The number of nitrogen functional groups attached to an aromatic ring is 1. The maximum absolute atomic E-state index is 6.11. The van der Waals surface area contributed by atoms with Gasteiger partial charge in [-0.05, 0) is 24.3 Å². The molecule has 26 heavy (non-hydrogen) atoms. The topological polar surface area (TPSA) is 95.7 Å². The van der Waals surface area contributed by atoms with Gasteiger partial charge in [0.25, 0.3) is 0 Å². The van der Waals surface area contributed by atoms with Crippen LogP contribution in [0.1, 0.15) is 0 Å². The second-order valence-corrected chi connectivity index (χ2v) is 6.13. The van der Waals surface area contributed by atoms with E-state index in [4.69, 9.17) is 21.8 Å². The molecule has 126 valence electrons. The summed E-state index contributed by atoms with van der Waals surface area (Å²) in [7, 11) is 0. The van der Waals surface area contributed by atoms with Crippen molar-refractivity contribution in [2.24, 2.45) is 0 Å². The number of oxazole rings is 1. The summed E-state index contributed by atoms with van der Waals surface area (Å²) in [6.45, 7) is 0. The third kappa shape index (κ3) is 2.21. The summed E-state index contributed by atoms with van der Waals surface area (Å²) < 4.78 is 7.38. The van der Waals surface area contributed by atoms with Crippen LogP contribution in [0.2, 0.25) is 5.02 Å². The first-order chi connectivity index (χ1) is 12.7. The Bertz CT molecular complexity index is 1230. The number of aromatic nitrogens is 5. The van der Waals surface area contributed by atoms with Gasteiger partial charge in [0, 0.05) is 10.6 Å². The zero-order valence-electron chi connectivity index (χ0n) is 13.3. The molecule has 5 aromatic rings. The zero-order chi connectivity index (χ0) is 17.7. The van der Waals surface area contributed by atoms with Crippen molar-refractivity contribution in [2.75, 3.05) is 5.73 Å². The second-order valence-electron chi connectivity index (χ2n) is 5.69. The summed E-state index contributed by atoms with van der Waals surface area (Å²) in [5.74, 6) is 0.335. The van der Waals surface area contributed by atoms with Crippen LogP contribution in [0.3, 0.4) is 0 Å². The molecule has 0 amide bonds. The number of halogens is 1. The molecule has 0 saturated heterocycles. The Kier molecular flexibility index (Phi) is 3.16. The fraction of sp³-hybridized carbons (Fsp3) is 0. The molecule has 0 spiro atoms. The SMILES string of the molecule is Nc1ncnc2c1c(-c1ccc(Cl)cc1)nn2-c1nc2ccccc2o1. The maximum atomic E-state index is 6.11. The van der Waals surface area contributed by atoms with Crippen molar-refractivity contribution in [3.8, 4) is 17.3 Å². The molecule has 0 radical (unpaired) electrons. The van der Waals surface area contributed by atoms with Gasteiger partial charge in [0.1, 0.15) is 23.4 Å². The predicted molar refractivity (Wildman–Crippen MR) is 99.1 cm³/mol. The Morgan fingerprint density at radius 1 is 1.00 bits per heavy atom. The van der Waals surface area contributed by atoms with Gasteiger partial charge in [-0.1, -0.05) is 35.9 Å². The van der Waals surface area contributed by atoms with Gasteiger partial charge in [0.2, 0.25) is 0 Å². The van der Waals surface area contributed by atoms with Gasteiger partial charge in [0.15, 0.2) is 11.2 Å². The van der Waals surface area contributed by atoms with Crippen LogP contribution < -0.4 is 5.73 Å². The van der Waals surface area contributed by atoms with E-state index in [1.807, 2.05) is 36.4 Å². The van der Waals surface area contributed by atoms with Gasteiger partial charge >= 0.3 is 6.01 Å². The lowest BCUT2D eigenvalue weighted by Gasteiger charge is -1.99. The molecule has 0 aliphatic rings. The first-order valence-corrected chi connectivity index (χ1v) is 8.19. The number of benzene rings is 2. The van der Waals surface area contributed by atoms with Gasteiger partial charge in [-0.15, -0.1) is 0 Å². The van der Waals surface area contributed by atoms with E-state index in [0.717, 1.165) is 11.1 Å². The van der Waals surface area contributed by atoms with E-state index in [-0.39, 0.29) is 0 Å². The summed E-state index contributed by atoms with van der Waals surface area (Å²) in [5.41, 5.74) is 9.52. The lowest BCUT2D eigenvalue weighted by Crippen LogP contribution is -1.99. The van der Waals surface area contributed by atoms with Gasteiger partial charge in [-0.25, -0.2) is 9.97 Å². The standard InChI is InChI=1S/C18H11ClN6O/c19-11-7-5-10(6-8-11)15-14-16(20)21-9-22-17(14)25(24-15)18-23-12-3-1-2-4-13(12)26-18/h1-9H,(H2,20,21,22). The first kappa shape index (κ1) is 14.9. The van der Waals surface area contributed by atoms with Crippen molar-refractivity contribution in [1.82, 2.24) is 24.7 Å². The molecular formula is C18H11ClN6O. The number of rotatable bonds is 2. The van der Waals surface area contributed by atoms with Gasteiger partial charge in [-0.3, -0.25) is 0 Å². The smallest absolute Gasteiger partial charge is 0.325 e. The molecule has 2 aromatic carbocycles. The molecule has 0 aliphatic carbocycles. The Labute approximate surface area is 152 Å². The van der Waals surface area contributed by atoms with Crippen LogP contribution in [0.15, 0.2) is 59.3 Å². The molecule has 3 heterocycles. The van der Waals surface area contributed by atoms with Crippen LogP contribution in [0.25, 0.3) is 39.4 Å². The van der Waals surface area contributed by atoms with Crippen LogP contribution in [-0.2, 0) is 0 Å². The summed E-state index contributed by atoms with van der Waals surface area (Å²) in [5, 5.41) is 5.93. The third-order valence-corrected chi connectivity index (χ3v) is 4.33. The van der Waals surface area contributed by atoms with E-state index in [2.05, 4.69) is 20.1 Å². The Morgan fingerprint density at radius 2 is 1.81 bits per heavy atom. The molecule has 5 rings (SSSR count). The normalized spacial score (nSPS) is 11.4. The molecule has 0 atom stereocenters. The minimum absolute atomic E-state index is 0.314. The first-order valence-electron chi connectivity index (χ1n) is 7.82. The van der Waals surface area contributed by atoms with Crippen molar-refractivity contribution in [3.63, 3.8) is 0 Å². The molecule has 0 fully saturated rings. The number of hydrogen-bond donors (Lipinski definition) is 1. The van der Waals surface area contributed by atoms with Crippen molar-refractivity contribution in [1.29, 1.82) is 0 Å². The van der Waals surface area contributed by atoms with E-state index < -0.39 is 0 Å². The maximum Gasteiger partial charge on any atom is 0.325 e.